The number of carbonyl (C=O) groups excluding carboxylic acids is 1. The Morgan fingerprint density at radius 2 is 2.22 bits per heavy atom. The number of amides is 1. The molecule has 1 fully saturated rings. The quantitative estimate of drug-likeness (QED) is 0.668. The van der Waals surface area contributed by atoms with Crippen LogP contribution >= 0.6 is 0 Å². The van der Waals surface area contributed by atoms with E-state index in [1.807, 2.05) is 6.07 Å². The standard InChI is InChI=1S/C19H28N2O5S/c1-3-21-8-4-5-16(21)13-20-19(22)17-12-14(6-10-26-27(2,23)24)11-15-7-9-25-18(15)17/h11-12,16H,3-10,13H2,1-2H3,(H,20,22)/t16-/m0/s1. The maximum atomic E-state index is 12.8. The van der Waals surface area contributed by atoms with E-state index in [-0.39, 0.29) is 12.5 Å². The number of carbonyl (C=O) groups is 1. The molecule has 27 heavy (non-hydrogen) atoms. The summed E-state index contributed by atoms with van der Waals surface area (Å²) in [4.78, 5) is 15.2. The molecule has 0 aliphatic carbocycles. The van der Waals surface area contributed by atoms with Crippen LogP contribution in [0.25, 0.3) is 0 Å². The lowest BCUT2D eigenvalue weighted by Gasteiger charge is -2.23. The van der Waals surface area contributed by atoms with Crippen molar-refractivity contribution in [1.29, 1.82) is 0 Å². The van der Waals surface area contributed by atoms with Crippen molar-refractivity contribution in [3.63, 3.8) is 0 Å². The minimum atomic E-state index is -3.47. The molecule has 1 aromatic carbocycles. The molecule has 0 unspecified atom stereocenters. The SMILES string of the molecule is CCN1CCC[C@H]1CNC(=O)c1cc(CCOS(C)(=O)=O)cc2c1OCC2. The van der Waals surface area contributed by atoms with E-state index in [1.165, 1.54) is 6.42 Å². The smallest absolute Gasteiger partial charge is 0.264 e. The van der Waals surface area contributed by atoms with E-state index < -0.39 is 10.1 Å². The molecule has 1 atom stereocenters. The number of hydrogen-bond acceptors (Lipinski definition) is 6. The summed E-state index contributed by atoms with van der Waals surface area (Å²) in [6, 6.07) is 4.15. The van der Waals surface area contributed by atoms with Gasteiger partial charge in [-0.2, -0.15) is 8.42 Å². The normalized spacial score (nSPS) is 19.7. The molecule has 1 saturated heterocycles. The molecule has 0 spiro atoms. The van der Waals surface area contributed by atoms with Gasteiger partial charge in [-0.1, -0.05) is 13.0 Å². The number of nitrogens with one attached hydrogen (secondary N) is 1. The highest BCUT2D eigenvalue weighted by Gasteiger charge is 2.26. The van der Waals surface area contributed by atoms with Gasteiger partial charge < -0.3 is 10.1 Å². The molecule has 0 radical (unpaired) electrons. The van der Waals surface area contributed by atoms with Crippen LogP contribution in [0.2, 0.25) is 0 Å². The first-order valence-electron chi connectivity index (χ1n) is 9.52. The van der Waals surface area contributed by atoms with E-state index in [0.717, 1.165) is 43.3 Å². The molecule has 8 heteroatoms. The van der Waals surface area contributed by atoms with Crippen molar-refractivity contribution < 1.29 is 22.1 Å². The molecule has 2 heterocycles. The van der Waals surface area contributed by atoms with E-state index in [1.54, 1.807) is 6.07 Å². The van der Waals surface area contributed by atoms with Gasteiger partial charge in [0.2, 0.25) is 0 Å². The second-order valence-electron chi connectivity index (χ2n) is 7.14. The van der Waals surface area contributed by atoms with E-state index in [0.29, 0.717) is 36.9 Å². The lowest BCUT2D eigenvalue weighted by molar-refractivity contribution is 0.0938. The number of benzene rings is 1. The highest BCUT2D eigenvalue weighted by Crippen LogP contribution is 2.31. The van der Waals surface area contributed by atoms with Crippen LogP contribution in [0.5, 0.6) is 5.75 Å². The first-order valence-corrected chi connectivity index (χ1v) is 11.3. The number of nitrogens with zero attached hydrogens (tertiary/aromatic N) is 1. The molecule has 0 bridgehead atoms. The third-order valence-corrected chi connectivity index (χ3v) is 5.77. The van der Waals surface area contributed by atoms with Crippen LogP contribution in [-0.2, 0) is 27.1 Å². The topological polar surface area (TPSA) is 84.9 Å². The van der Waals surface area contributed by atoms with E-state index in [9.17, 15) is 13.2 Å². The van der Waals surface area contributed by atoms with Crippen molar-refractivity contribution >= 4 is 16.0 Å². The Morgan fingerprint density at radius 3 is 2.96 bits per heavy atom. The lowest BCUT2D eigenvalue weighted by atomic mass is 10.0. The van der Waals surface area contributed by atoms with Crippen LogP contribution in [0.4, 0.5) is 0 Å². The summed E-state index contributed by atoms with van der Waals surface area (Å²) in [5, 5.41) is 3.05. The molecule has 2 aliphatic heterocycles. The molecule has 1 amide bonds. The number of rotatable bonds is 8. The minimum absolute atomic E-state index is 0.0626. The first kappa shape index (κ1) is 20.1. The number of likely N-dealkylation sites (tertiary alicyclic amines) is 1. The van der Waals surface area contributed by atoms with Crippen molar-refractivity contribution in [1.82, 2.24) is 10.2 Å². The average Bonchev–Trinajstić information content (AvgIpc) is 3.26. The van der Waals surface area contributed by atoms with Gasteiger partial charge in [0.05, 0.1) is 25.0 Å². The van der Waals surface area contributed by atoms with Crippen LogP contribution in [0.15, 0.2) is 12.1 Å². The molecular formula is C19H28N2O5S. The Bertz CT molecular complexity index is 794. The molecule has 0 aromatic heterocycles. The summed E-state index contributed by atoms with van der Waals surface area (Å²) in [6.07, 6.45) is 4.48. The Kier molecular flexibility index (Phi) is 6.39. The van der Waals surface area contributed by atoms with Crippen LogP contribution in [0.3, 0.4) is 0 Å². The maximum Gasteiger partial charge on any atom is 0.264 e. The number of hydrogen-bond donors (Lipinski definition) is 1. The van der Waals surface area contributed by atoms with Gasteiger partial charge in [0, 0.05) is 19.0 Å². The average molecular weight is 397 g/mol. The second-order valence-corrected chi connectivity index (χ2v) is 8.78. The molecule has 1 N–H and O–H groups in total. The summed E-state index contributed by atoms with van der Waals surface area (Å²) in [7, 11) is -3.47. The molecule has 1 aromatic rings. The molecule has 7 nitrogen and oxygen atoms in total. The molecule has 3 rings (SSSR count). The van der Waals surface area contributed by atoms with Gasteiger partial charge in [-0.3, -0.25) is 13.9 Å². The van der Waals surface area contributed by atoms with Crippen LogP contribution in [-0.4, -0.2) is 64.4 Å². The summed E-state index contributed by atoms with van der Waals surface area (Å²) >= 11 is 0. The van der Waals surface area contributed by atoms with E-state index >= 15 is 0 Å². The van der Waals surface area contributed by atoms with Crippen molar-refractivity contribution in [3.8, 4) is 5.75 Å². The highest BCUT2D eigenvalue weighted by atomic mass is 32.2. The fourth-order valence-corrected chi connectivity index (χ4v) is 4.23. The third-order valence-electron chi connectivity index (χ3n) is 5.18. The summed E-state index contributed by atoms with van der Waals surface area (Å²) in [5.74, 6) is 0.515. The maximum absolute atomic E-state index is 12.8. The van der Waals surface area contributed by atoms with Crippen molar-refractivity contribution in [2.24, 2.45) is 0 Å². The Balaban J connectivity index is 1.68. The Morgan fingerprint density at radius 1 is 1.41 bits per heavy atom. The molecule has 0 saturated carbocycles. The van der Waals surface area contributed by atoms with Crippen molar-refractivity contribution in [2.45, 2.75) is 38.6 Å². The highest BCUT2D eigenvalue weighted by molar-refractivity contribution is 7.85. The molecular weight excluding hydrogens is 368 g/mol. The third kappa shape index (κ3) is 5.21. The van der Waals surface area contributed by atoms with E-state index in [2.05, 4.69) is 17.1 Å². The van der Waals surface area contributed by atoms with Crippen LogP contribution in [0.1, 0.15) is 41.3 Å². The van der Waals surface area contributed by atoms with Crippen LogP contribution in [0, 0.1) is 0 Å². The van der Waals surface area contributed by atoms with E-state index in [4.69, 9.17) is 8.92 Å². The lowest BCUT2D eigenvalue weighted by Crippen LogP contribution is -2.40. The van der Waals surface area contributed by atoms with Gasteiger partial charge in [-0.15, -0.1) is 0 Å². The van der Waals surface area contributed by atoms with Gasteiger partial charge in [-0.25, -0.2) is 0 Å². The summed E-state index contributed by atoms with van der Waals surface area (Å²) < 4.78 is 32.8. The Hall–Kier alpha value is -1.64. The monoisotopic (exact) mass is 396 g/mol. The van der Waals surface area contributed by atoms with Gasteiger partial charge in [0.25, 0.3) is 16.0 Å². The van der Waals surface area contributed by atoms with Gasteiger partial charge in [0.1, 0.15) is 5.75 Å². The van der Waals surface area contributed by atoms with Gasteiger partial charge in [0.15, 0.2) is 0 Å². The van der Waals surface area contributed by atoms with Crippen molar-refractivity contribution in [3.05, 3.63) is 28.8 Å². The number of fused-ring (bicyclic) bond motifs is 1. The Labute approximate surface area is 161 Å². The number of ether oxygens (including phenoxy) is 1. The molecule has 2 aliphatic rings. The zero-order valence-corrected chi connectivity index (χ0v) is 16.8. The zero-order valence-electron chi connectivity index (χ0n) is 16.0. The summed E-state index contributed by atoms with van der Waals surface area (Å²) in [6.45, 7) is 5.48. The largest absolute Gasteiger partial charge is 0.492 e. The second kappa shape index (κ2) is 8.58. The van der Waals surface area contributed by atoms with Gasteiger partial charge >= 0.3 is 0 Å². The zero-order chi connectivity index (χ0) is 19.4. The number of likely N-dealkylation sites (N-methyl/N-ethyl adjacent to an activating group) is 1. The minimum Gasteiger partial charge on any atom is -0.492 e. The molecule has 150 valence electrons. The predicted octanol–water partition coefficient (Wildman–Crippen LogP) is 1.35. The van der Waals surface area contributed by atoms with Crippen LogP contribution < -0.4 is 10.1 Å². The summed E-state index contributed by atoms with van der Waals surface area (Å²) in [5.41, 5.74) is 2.40. The van der Waals surface area contributed by atoms with Gasteiger partial charge in [-0.05, 0) is 49.5 Å². The van der Waals surface area contributed by atoms with Crippen molar-refractivity contribution in [2.75, 3.05) is 39.1 Å². The fraction of sp³-hybridized carbons (Fsp3) is 0.632. The predicted molar refractivity (Wildman–Crippen MR) is 103 cm³/mol. The fourth-order valence-electron chi connectivity index (χ4n) is 3.85. The first-order chi connectivity index (χ1) is 12.9.